The third kappa shape index (κ3) is 62.9. The summed E-state index contributed by atoms with van der Waals surface area (Å²) in [4.78, 5) is 38.3. The molecule has 0 spiro atoms. The van der Waals surface area contributed by atoms with Crippen LogP contribution >= 0.6 is 0 Å². The maximum Gasteiger partial charge on any atom is 0.306 e. The van der Waals surface area contributed by atoms with Crippen molar-refractivity contribution in [3.63, 3.8) is 0 Å². The van der Waals surface area contributed by atoms with Crippen molar-refractivity contribution in [2.24, 2.45) is 0 Å². The van der Waals surface area contributed by atoms with E-state index >= 15 is 0 Å². The lowest BCUT2D eigenvalue weighted by Crippen LogP contribution is -2.30. The summed E-state index contributed by atoms with van der Waals surface area (Å²) in [5.74, 6) is -0.925. The first-order valence-corrected chi connectivity index (χ1v) is 32.9. The zero-order valence-electron chi connectivity index (χ0n) is 51.2. The van der Waals surface area contributed by atoms with Gasteiger partial charge in [0, 0.05) is 19.3 Å². The van der Waals surface area contributed by atoms with E-state index in [0.29, 0.717) is 19.3 Å². The second kappa shape index (κ2) is 65.6. The van der Waals surface area contributed by atoms with Gasteiger partial charge in [0.05, 0.1) is 0 Å². The van der Waals surface area contributed by atoms with Crippen LogP contribution in [0.15, 0.2) is 109 Å². The first-order valence-electron chi connectivity index (χ1n) is 32.9. The summed E-state index contributed by atoms with van der Waals surface area (Å²) in [6.07, 6.45) is 89.6. The van der Waals surface area contributed by atoms with E-state index in [1.54, 1.807) is 0 Å². The van der Waals surface area contributed by atoms with Gasteiger partial charge in [-0.3, -0.25) is 14.4 Å². The van der Waals surface area contributed by atoms with E-state index in [2.05, 4.69) is 130 Å². The van der Waals surface area contributed by atoms with Gasteiger partial charge in [-0.1, -0.05) is 297 Å². The zero-order valence-corrected chi connectivity index (χ0v) is 51.2. The second-order valence-electron chi connectivity index (χ2n) is 21.6. The van der Waals surface area contributed by atoms with Gasteiger partial charge in [0.1, 0.15) is 13.2 Å². The number of rotatable bonds is 59. The maximum atomic E-state index is 12.9. The Bertz CT molecular complexity index is 1570. The summed E-state index contributed by atoms with van der Waals surface area (Å²) in [5.41, 5.74) is 0. The molecule has 1 atom stereocenters. The molecule has 0 aromatic heterocycles. The molecule has 0 amide bonds. The van der Waals surface area contributed by atoms with Crippen LogP contribution in [0, 0.1) is 0 Å². The number of ether oxygens (including phenoxy) is 3. The first kappa shape index (κ1) is 74.1. The predicted octanol–water partition coefficient (Wildman–Crippen LogP) is 22.6. The number of unbranched alkanes of at least 4 members (excludes halogenated alkanes) is 30. The standard InChI is InChI=1S/C72H122O6/c1-4-7-10-13-16-19-22-25-28-30-32-33-34-35-36-37-38-39-40-42-44-47-50-53-56-59-62-65-71(74)77-68-69(67-76-70(73)64-61-58-55-52-49-46-43-27-24-21-18-15-12-9-6-3)78-72(75)66-63-60-57-54-51-48-45-41-31-29-26-23-20-17-14-11-8-5-2/h7,9-10,12,16,18-19,21,25,27-28,32-33,35-36,43,49,52,69H,4-6,8,11,13-15,17,20,22-24,26,29-31,34,37-42,44-48,50-51,53-68H2,1-3H3/b10-7-,12-9-,19-16-,21-18-,28-25-,33-32-,36-35-,43-27-,52-49-. The Balaban J connectivity index is 4.35. The monoisotopic (exact) mass is 1080 g/mol. The van der Waals surface area contributed by atoms with Crippen LogP contribution < -0.4 is 0 Å². The number of carbonyl (C=O) groups excluding carboxylic acids is 3. The molecule has 0 heterocycles. The van der Waals surface area contributed by atoms with Crippen molar-refractivity contribution in [1.29, 1.82) is 0 Å². The van der Waals surface area contributed by atoms with Crippen molar-refractivity contribution >= 4 is 17.9 Å². The van der Waals surface area contributed by atoms with Gasteiger partial charge in [-0.15, -0.1) is 0 Å². The van der Waals surface area contributed by atoms with Crippen LogP contribution in [0.3, 0.4) is 0 Å². The Morgan fingerprint density at radius 2 is 0.500 bits per heavy atom. The molecule has 446 valence electrons. The van der Waals surface area contributed by atoms with Gasteiger partial charge >= 0.3 is 17.9 Å². The summed E-state index contributed by atoms with van der Waals surface area (Å²) in [6, 6.07) is 0. The molecule has 78 heavy (non-hydrogen) atoms. The van der Waals surface area contributed by atoms with Crippen molar-refractivity contribution in [3.8, 4) is 0 Å². The van der Waals surface area contributed by atoms with Crippen LogP contribution in [0.25, 0.3) is 0 Å². The lowest BCUT2D eigenvalue weighted by atomic mass is 10.0. The molecular formula is C72H122O6. The Labute approximate surface area is 482 Å². The molecule has 0 aliphatic rings. The molecule has 0 aliphatic heterocycles. The molecule has 6 heteroatoms. The van der Waals surface area contributed by atoms with Gasteiger partial charge in [0.2, 0.25) is 0 Å². The molecule has 0 bridgehead atoms. The number of esters is 3. The molecule has 0 saturated heterocycles. The highest BCUT2D eigenvalue weighted by Crippen LogP contribution is 2.17. The van der Waals surface area contributed by atoms with E-state index in [-0.39, 0.29) is 31.1 Å². The highest BCUT2D eigenvalue weighted by Gasteiger charge is 2.19. The van der Waals surface area contributed by atoms with Gasteiger partial charge in [-0.25, -0.2) is 0 Å². The fraction of sp³-hybridized carbons (Fsp3) is 0.708. The van der Waals surface area contributed by atoms with E-state index in [1.807, 2.05) is 0 Å². The Hall–Kier alpha value is -3.93. The first-order chi connectivity index (χ1) is 38.5. The van der Waals surface area contributed by atoms with Crippen LogP contribution in [-0.4, -0.2) is 37.2 Å². The van der Waals surface area contributed by atoms with Crippen LogP contribution in [0.5, 0.6) is 0 Å². The molecule has 0 radical (unpaired) electrons. The van der Waals surface area contributed by atoms with E-state index in [4.69, 9.17) is 14.2 Å². The third-order valence-corrected chi connectivity index (χ3v) is 14.0. The van der Waals surface area contributed by atoms with E-state index in [9.17, 15) is 14.4 Å². The fourth-order valence-corrected chi connectivity index (χ4v) is 9.17. The van der Waals surface area contributed by atoms with Gasteiger partial charge in [-0.2, -0.15) is 0 Å². The van der Waals surface area contributed by atoms with Gasteiger partial charge < -0.3 is 14.2 Å². The molecule has 0 aromatic carbocycles. The summed E-state index contributed by atoms with van der Waals surface area (Å²) >= 11 is 0. The summed E-state index contributed by atoms with van der Waals surface area (Å²) in [5, 5.41) is 0. The number of hydrogen-bond acceptors (Lipinski definition) is 6. The van der Waals surface area contributed by atoms with Crippen LogP contribution in [-0.2, 0) is 28.6 Å². The quantitative estimate of drug-likeness (QED) is 0.0261. The smallest absolute Gasteiger partial charge is 0.306 e. The topological polar surface area (TPSA) is 78.9 Å². The molecule has 0 aliphatic carbocycles. The van der Waals surface area contributed by atoms with Gasteiger partial charge in [-0.05, 0) is 103 Å². The maximum absolute atomic E-state index is 12.9. The van der Waals surface area contributed by atoms with Crippen LogP contribution in [0.1, 0.15) is 310 Å². The minimum absolute atomic E-state index is 0.0911. The molecule has 6 nitrogen and oxygen atoms in total. The summed E-state index contributed by atoms with van der Waals surface area (Å²) in [7, 11) is 0. The fourth-order valence-electron chi connectivity index (χ4n) is 9.17. The van der Waals surface area contributed by atoms with Gasteiger partial charge in [0.25, 0.3) is 0 Å². The van der Waals surface area contributed by atoms with Crippen molar-refractivity contribution in [2.75, 3.05) is 13.2 Å². The zero-order chi connectivity index (χ0) is 56.4. The molecule has 1 unspecified atom stereocenters. The Morgan fingerprint density at radius 3 is 0.808 bits per heavy atom. The summed E-state index contributed by atoms with van der Waals surface area (Å²) < 4.78 is 16.9. The number of allylic oxidation sites excluding steroid dienone is 18. The lowest BCUT2D eigenvalue weighted by molar-refractivity contribution is -0.167. The average Bonchev–Trinajstić information content (AvgIpc) is 3.44. The summed E-state index contributed by atoms with van der Waals surface area (Å²) in [6.45, 7) is 6.41. The lowest BCUT2D eigenvalue weighted by Gasteiger charge is -2.18. The average molecular weight is 1080 g/mol. The van der Waals surface area contributed by atoms with Crippen LogP contribution in [0.2, 0.25) is 0 Å². The Kier molecular flexibility index (Phi) is 62.3. The number of hydrogen-bond donors (Lipinski definition) is 0. The predicted molar refractivity (Wildman–Crippen MR) is 339 cm³/mol. The normalized spacial score (nSPS) is 12.8. The minimum atomic E-state index is -0.797. The van der Waals surface area contributed by atoms with Crippen LogP contribution in [0.4, 0.5) is 0 Å². The molecule has 0 N–H and O–H groups in total. The molecule has 0 saturated carbocycles. The minimum Gasteiger partial charge on any atom is -0.462 e. The third-order valence-electron chi connectivity index (χ3n) is 14.0. The van der Waals surface area contributed by atoms with E-state index in [0.717, 1.165) is 116 Å². The van der Waals surface area contributed by atoms with Crippen molar-refractivity contribution in [3.05, 3.63) is 109 Å². The molecule has 0 fully saturated rings. The highest BCUT2D eigenvalue weighted by molar-refractivity contribution is 5.71. The SMILES string of the molecule is CC/C=C\C/C=C\C/C=C\C/C=C\C/C=C\CCCCCCCCCCCCCC(=O)OCC(COC(=O)CCCC/C=C\C/C=C\C/C=C\C/C=C\CC)OC(=O)CCCCCCCCCCCCCCCCCCCC. The largest absolute Gasteiger partial charge is 0.462 e. The van der Waals surface area contributed by atoms with Crippen molar-refractivity contribution in [1.82, 2.24) is 0 Å². The number of carbonyl (C=O) groups is 3. The van der Waals surface area contributed by atoms with Gasteiger partial charge in [0.15, 0.2) is 6.10 Å². The highest BCUT2D eigenvalue weighted by atomic mass is 16.6. The molecule has 0 rings (SSSR count). The van der Waals surface area contributed by atoms with E-state index < -0.39 is 6.10 Å². The second-order valence-corrected chi connectivity index (χ2v) is 21.6. The van der Waals surface area contributed by atoms with Crippen molar-refractivity contribution in [2.45, 2.75) is 316 Å². The molecule has 0 aromatic rings. The van der Waals surface area contributed by atoms with E-state index in [1.165, 1.54) is 154 Å². The molecular weight excluding hydrogens is 961 g/mol. The van der Waals surface area contributed by atoms with Crippen molar-refractivity contribution < 1.29 is 28.6 Å². The Morgan fingerprint density at radius 1 is 0.269 bits per heavy atom.